The summed E-state index contributed by atoms with van der Waals surface area (Å²) in [7, 11) is 0. The van der Waals surface area contributed by atoms with Crippen LogP contribution in [0.1, 0.15) is 69.2 Å². The van der Waals surface area contributed by atoms with Gasteiger partial charge in [0.1, 0.15) is 16.2 Å². The van der Waals surface area contributed by atoms with E-state index in [0.717, 1.165) is 21.1 Å². The lowest BCUT2D eigenvalue weighted by Crippen LogP contribution is -2.10. The molecular formula is C20H25N3S2. The standard InChI is InChI=1S/C20H25N3S2/c1-4-5-10-24-20-18-17(21-11-22-20)15-13-8-6-7-9-14(13)16(12(2)3)23-19(15)25-18/h11-12H,4-10H2,1-3H3. The highest BCUT2D eigenvalue weighted by Crippen LogP contribution is 2.42. The molecule has 0 saturated heterocycles. The van der Waals surface area contributed by atoms with Crippen molar-refractivity contribution in [2.24, 2.45) is 0 Å². The Morgan fingerprint density at radius 2 is 1.96 bits per heavy atom. The van der Waals surface area contributed by atoms with Crippen LogP contribution < -0.4 is 0 Å². The van der Waals surface area contributed by atoms with Crippen LogP contribution in [0.5, 0.6) is 0 Å². The first-order valence-corrected chi connectivity index (χ1v) is 11.2. The molecule has 0 radical (unpaired) electrons. The second-order valence-corrected chi connectivity index (χ2v) is 9.24. The highest BCUT2D eigenvalue weighted by molar-refractivity contribution is 7.99. The maximum Gasteiger partial charge on any atom is 0.126 e. The smallest absolute Gasteiger partial charge is 0.126 e. The summed E-state index contributed by atoms with van der Waals surface area (Å²) in [5.41, 5.74) is 5.47. The molecule has 0 amide bonds. The third-order valence-corrected chi connectivity index (χ3v) is 7.29. The van der Waals surface area contributed by atoms with Crippen LogP contribution in [-0.4, -0.2) is 20.7 Å². The lowest BCUT2D eigenvalue weighted by molar-refractivity contribution is 0.667. The molecule has 132 valence electrons. The highest BCUT2D eigenvalue weighted by atomic mass is 32.2. The van der Waals surface area contributed by atoms with E-state index in [4.69, 9.17) is 4.98 Å². The molecule has 0 bridgehead atoms. The molecular weight excluding hydrogens is 346 g/mol. The number of aromatic nitrogens is 3. The van der Waals surface area contributed by atoms with Crippen molar-refractivity contribution >= 4 is 43.5 Å². The first kappa shape index (κ1) is 17.2. The minimum Gasteiger partial charge on any atom is -0.241 e. The topological polar surface area (TPSA) is 38.7 Å². The number of nitrogens with zero attached hydrogens (tertiary/aromatic N) is 3. The zero-order valence-corrected chi connectivity index (χ0v) is 16.9. The van der Waals surface area contributed by atoms with Crippen LogP contribution >= 0.6 is 23.1 Å². The fourth-order valence-electron chi connectivity index (χ4n) is 3.76. The molecule has 25 heavy (non-hydrogen) atoms. The van der Waals surface area contributed by atoms with Crippen molar-refractivity contribution in [3.63, 3.8) is 0 Å². The Bertz CT molecular complexity index is 914. The Hall–Kier alpha value is -1.20. The fourth-order valence-corrected chi connectivity index (χ4v) is 6.09. The van der Waals surface area contributed by atoms with Gasteiger partial charge in [-0.15, -0.1) is 23.1 Å². The number of thiophene rings is 1. The Labute approximate surface area is 157 Å². The van der Waals surface area contributed by atoms with Gasteiger partial charge in [0.2, 0.25) is 0 Å². The van der Waals surface area contributed by atoms with E-state index in [0.29, 0.717) is 5.92 Å². The number of unbranched alkanes of at least 4 members (excludes halogenated alkanes) is 1. The van der Waals surface area contributed by atoms with Crippen LogP contribution in [0.2, 0.25) is 0 Å². The van der Waals surface area contributed by atoms with Gasteiger partial charge in [-0.3, -0.25) is 0 Å². The van der Waals surface area contributed by atoms with Crippen LogP contribution in [0.4, 0.5) is 0 Å². The Morgan fingerprint density at radius 3 is 2.72 bits per heavy atom. The number of hydrogen-bond acceptors (Lipinski definition) is 5. The molecule has 1 aliphatic rings. The molecule has 5 heteroatoms. The SMILES string of the molecule is CCCCSc1ncnc2c1sc1nc(C(C)C)c3c(c12)CCCC3. The van der Waals surface area contributed by atoms with Gasteiger partial charge in [0, 0.05) is 11.1 Å². The predicted molar refractivity (Wildman–Crippen MR) is 109 cm³/mol. The number of thioether (sulfide) groups is 1. The van der Waals surface area contributed by atoms with E-state index in [1.807, 2.05) is 11.8 Å². The Morgan fingerprint density at radius 1 is 1.16 bits per heavy atom. The van der Waals surface area contributed by atoms with Gasteiger partial charge in [0.25, 0.3) is 0 Å². The zero-order chi connectivity index (χ0) is 17.4. The average molecular weight is 372 g/mol. The minimum atomic E-state index is 0.478. The first-order valence-electron chi connectivity index (χ1n) is 9.42. The first-order chi connectivity index (χ1) is 12.2. The maximum atomic E-state index is 5.10. The lowest BCUT2D eigenvalue weighted by atomic mass is 9.86. The van der Waals surface area contributed by atoms with Crippen molar-refractivity contribution in [2.45, 2.75) is 70.2 Å². The highest BCUT2D eigenvalue weighted by Gasteiger charge is 2.24. The van der Waals surface area contributed by atoms with Crippen molar-refractivity contribution in [3.8, 4) is 0 Å². The normalized spacial score (nSPS) is 14.6. The van der Waals surface area contributed by atoms with E-state index in [1.165, 1.54) is 65.4 Å². The molecule has 4 rings (SSSR count). The predicted octanol–water partition coefficient (Wildman–Crippen LogP) is 6.13. The van der Waals surface area contributed by atoms with Crippen LogP contribution in [0.25, 0.3) is 20.4 Å². The summed E-state index contributed by atoms with van der Waals surface area (Å²) >= 11 is 3.66. The summed E-state index contributed by atoms with van der Waals surface area (Å²) in [6.45, 7) is 6.77. The molecule has 3 nitrogen and oxygen atoms in total. The second-order valence-electron chi connectivity index (χ2n) is 7.16. The van der Waals surface area contributed by atoms with E-state index in [-0.39, 0.29) is 0 Å². The number of rotatable bonds is 5. The van der Waals surface area contributed by atoms with E-state index in [1.54, 1.807) is 17.7 Å². The third-order valence-electron chi connectivity index (χ3n) is 5.00. The number of aryl methyl sites for hydroxylation is 1. The quantitative estimate of drug-likeness (QED) is 0.307. The summed E-state index contributed by atoms with van der Waals surface area (Å²) < 4.78 is 1.24. The molecule has 0 N–H and O–H groups in total. The second kappa shape index (κ2) is 7.20. The maximum absolute atomic E-state index is 5.10. The molecule has 0 aliphatic heterocycles. The van der Waals surface area contributed by atoms with Gasteiger partial charge in [0.15, 0.2) is 0 Å². The minimum absolute atomic E-state index is 0.478. The van der Waals surface area contributed by atoms with Crippen LogP contribution in [-0.2, 0) is 12.8 Å². The summed E-state index contributed by atoms with van der Waals surface area (Å²) in [4.78, 5) is 15.5. The Kier molecular flexibility index (Phi) is 4.96. The van der Waals surface area contributed by atoms with E-state index < -0.39 is 0 Å². The van der Waals surface area contributed by atoms with E-state index in [2.05, 4.69) is 30.7 Å². The molecule has 3 aromatic rings. The van der Waals surface area contributed by atoms with Crippen molar-refractivity contribution in [3.05, 3.63) is 23.1 Å². The molecule has 3 heterocycles. The van der Waals surface area contributed by atoms with E-state index >= 15 is 0 Å². The van der Waals surface area contributed by atoms with Crippen molar-refractivity contribution in [1.82, 2.24) is 15.0 Å². The van der Waals surface area contributed by atoms with Gasteiger partial charge in [-0.1, -0.05) is 27.2 Å². The van der Waals surface area contributed by atoms with Crippen LogP contribution in [0.3, 0.4) is 0 Å². The zero-order valence-electron chi connectivity index (χ0n) is 15.3. The summed E-state index contributed by atoms with van der Waals surface area (Å²) in [5.74, 6) is 1.60. The van der Waals surface area contributed by atoms with Gasteiger partial charge in [-0.05, 0) is 54.9 Å². The number of fused-ring (bicyclic) bond motifs is 5. The molecule has 3 aromatic heterocycles. The van der Waals surface area contributed by atoms with Gasteiger partial charge < -0.3 is 0 Å². The summed E-state index contributed by atoms with van der Waals surface area (Å²) in [5, 5.41) is 2.45. The molecule has 0 unspecified atom stereocenters. The third kappa shape index (κ3) is 3.06. The molecule has 0 fully saturated rings. The fraction of sp³-hybridized carbons (Fsp3) is 0.550. The van der Waals surface area contributed by atoms with Crippen molar-refractivity contribution < 1.29 is 0 Å². The van der Waals surface area contributed by atoms with Gasteiger partial charge in [-0.25, -0.2) is 15.0 Å². The number of pyridine rings is 1. The number of hydrogen-bond donors (Lipinski definition) is 0. The molecule has 0 saturated carbocycles. The van der Waals surface area contributed by atoms with E-state index in [9.17, 15) is 0 Å². The molecule has 1 aliphatic carbocycles. The van der Waals surface area contributed by atoms with Crippen LogP contribution in [0, 0.1) is 0 Å². The molecule has 0 aromatic carbocycles. The van der Waals surface area contributed by atoms with Crippen LogP contribution in [0.15, 0.2) is 11.4 Å². The van der Waals surface area contributed by atoms with Crippen molar-refractivity contribution in [2.75, 3.05) is 5.75 Å². The molecule has 0 atom stereocenters. The van der Waals surface area contributed by atoms with Gasteiger partial charge in [-0.2, -0.15) is 0 Å². The average Bonchev–Trinajstić information content (AvgIpc) is 3.01. The lowest BCUT2D eigenvalue weighted by Gasteiger charge is -2.21. The monoisotopic (exact) mass is 371 g/mol. The summed E-state index contributed by atoms with van der Waals surface area (Å²) in [6.07, 6.45) is 9.11. The Balaban J connectivity index is 1.94. The van der Waals surface area contributed by atoms with Crippen molar-refractivity contribution in [1.29, 1.82) is 0 Å². The van der Waals surface area contributed by atoms with Gasteiger partial charge in [0.05, 0.1) is 10.2 Å². The molecule has 0 spiro atoms. The summed E-state index contributed by atoms with van der Waals surface area (Å²) in [6, 6.07) is 0. The van der Waals surface area contributed by atoms with Gasteiger partial charge >= 0.3 is 0 Å². The largest absolute Gasteiger partial charge is 0.241 e.